The lowest BCUT2D eigenvalue weighted by atomic mass is 10.1. The fourth-order valence-corrected chi connectivity index (χ4v) is 2.82. The molecule has 7 heteroatoms. The molecule has 0 aliphatic rings. The average molecular weight is 380 g/mol. The third-order valence-electron chi connectivity index (χ3n) is 3.48. The van der Waals surface area contributed by atoms with Crippen molar-refractivity contribution in [1.82, 2.24) is 5.32 Å². The van der Waals surface area contributed by atoms with Crippen LogP contribution in [-0.2, 0) is 22.6 Å². The standard InChI is InChI=1S/C18H18ClNO4S/c1-25-14-7-8-15(19)13(9-14)10-16(17(21)22)20-18(23)24-11-12-5-3-2-4-6-12/h2-9,16H,10-11H2,1H3,(H,20,23)(H,21,22). The van der Waals surface area contributed by atoms with Gasteiger partial charge in [-0.15, -0.1) is 11.8 Å². The van der Waals surface area contributed by atoms with Gasteiger partial charge in [-0.05, 0) is 35.6 Å². The molecule has 0 aliphatic carbocycles. The molecule has 2 aromatic carbocycles. The molecule has 0 aliphatic heterocycles. The van der Waals surface area contributed by atoms with Gasteiger partial charge in [0.15, 0.2) is 0 Å². The van der Waals surface area contributed by atoms with Gasteiger partial charge >= 0.3 is 12.1 Å². The number of aliphatic carboxylic acids is 1. The number of halogens is 1. The first-order valence-corrected chi connectivity index (χ1v) is 9.12. The van der Waals surface area contributed by atoms with Gasteiger partial charge in [-0.25, -0.2) is 9.59 Å². The molecule has 0 radical (unpaired) electrons. The minimum Gasteiger partial charge on any atom is -0.480 e. The van der Waals surface area contributed by atoms with E-state index in [9.17, 15) is 14.7 Å². The van der Waals surface area contributed by atoms with E-state index in [1.165, 1.54) is 11.8 Å². The maximum absolute atomic E-state index is 11.9. The Morgan fingerprint density at radius 3 is 2.60 bits per heavy atom. The van der Waals surface area contributed by atoms with Crippen LogP contribution in [-0.4, -0.2) is 29.5 Å². The Morgan fingerprint density at radius 2 is 1.96 bits per heavy atom. The van der Waals surface area contributed by atoms with Gasteiger partial charge in [0.2, 0.25) is 0 Å². The molecule has 25 heavy (non-hydrogen) atoms. The number of rotatable bonds is 7. The number of hydrogen-bond acceptors (Lipinski definition) is 4. The van der Waals surface area contributed by atoms with E-state index in [0.717, 1.165) is 10.5 Å². The molecule has 0 spiro atoms. The van der Waals surface area contributed by atoms with E-state index in [1.54, 1.807) is 6.07 Å². The number of hydrogen-bond donors (Lipinski definition) is 2. The SMILES string of the molecule is CSc1ccc(Cl)c(CC(NC(=O)OCc2ccccc2)C(=O)O)c1. The van der Waals surface area contributed by atoms with Crippen molar-refractivity contribution in [3.05, 3.63) is 64.7 Å². The van der Waals surface area contributed by atoms with Crippen LogP contribution in [0.1, 0.15) is 11.1 Å². The summed E-state index contributed by atoms with van der Waals surface area (Å²) in [4.78, 5) is 24.3. The summed E-state index contributed by atoms with van der Waals surface area (Å²) >= 11 is 7.66. The number of ether oxygens (including phenoxy) is 1. The van der Waals surface area contributed by atoms with Gasteiger partial charge in [-0.3, -0.25) is 0 Å². The number of carboxylic acids is 1. The lowest BCUT2D eigenvalue weighted by molar-refractivity contribution is -0.139. The molecule has 2 N–H and O–H groups in total. The lowest BCUT2D eigenvalue weighted by Crippen LogP contribution is -2.42. The molecule has 1 unspecified atom stereocenters. The van der Waals surface area contributed by atoms with Crippen molar-refractivity contribution < 1.29 is 19.4 Å². The summed E-state index contributed by atoms with van der Waals surface area (Å²) in [5.74, 6) is -1.15. The molecule has 0 saturated carbocycles. The van der Waals surface area contributed by atoms with Gasteiger partial charge in [0.05, 0.1) is 0 Å². The van der Waals surface area contributed by atoms with E-state index in [0.29, 0.717) is 10.6 Å². The molecule has 2 rings (SSSR count). The molecule has 1 amide bonds. The highest BCUT2D eigenvalue weighted by molar-refractivity contribution is 7.98. The zero-order chi connectivity index (χ0) is 18.2. The number of thioether (sulfide) groups is 1. The van der Waals surface area contributed by atoms with Crippen LogP contribution >= 0.6 is 23.4 Å². The van der Waals surface area contributed by atoms with Crippen molar-refractivity contribution in [1.29, 1.82) is 0 Å². The molecule has 2 aromatic rings. The zero-order valence-electron chi connectivity index (χ0n) is 13.6. The van der Waals surface area contributed by atoms with Crippen LogP contribution in [0.4, 0.5) is 4.79 Å². The Labute approximate surface area is 155 Å². The molecule has 0 aromatic heterocycles. The third-order valence-corrected chi connectivity index (χ3v) is 4.57. The summed E-state index contributed by atoms with van der Waals surface area (Å²) in [5.41, 5.74) is 1.48. The number of carboxylic acid groups (broad SMARTS) is 1. The summed E-state index contributed by atoms with van der Waals surface area (Å²) < 4.78 is 5.07. The Balaban J connectivity index is 1.98. The lowest BCUT2D eigenvalue weighted by Gasteiger charge is -2.16. The number of carbonyl (C=O) groups excluding carboxylic acids is 1. The normalized spacial score (nSPS) is 11.6. The summed E-state index contributed by atoms with van der Waals surface area (Å²) in [6.07, 6.45) is 1.21. The molecule has 0 fully saturated rings. The second-order valence-electron chi connectivity index (χ2n) is 5.26. The summed E-state index contributed by atoms with van der Waals surface area (Å²) in [6, 6.07) is 13.4. The van der Waals surface area contributed by atoms with Crippen molar-refractivity contribution >= 4 is 35.4 Å². The topological polar surface area (TPSA) is 75.6 Å². The van der Waals surface area contributed by atoms with Crippen LogP contribution in [0.15, 0.2) is 53.4 Å². The number of nitrogens with one attached hydrogen (secondary N) is 1. The van der Waals surface area contributed by atoms with Crippen LogP contribution in [0.5, 0.6) is 0 Å². The van der Waals surface area contributed by atoms with E-state index >= 15 is 0 Å². The van der Waals surface area contributed by atoms with Crippen molar-refractivity contribution in [2.75, 3.05) is 6.26 Å². The van der Waals surface area contributed by atoms with Gasteiger partial charge in [0.1, 0.15) is 12.6 Å². The first kappa shape index (κ1) is 19.1. The van der Waals surface area contributed by atoms with Crippen molar-refractivity contribution in [2.24, 2.45) is 0 Å². The zero-order valence-corrected chi connectivity index (χ0v) is 15.1. The number of alkyl carbamates (subject to hydrolysis) is 1. The number of carbonyl (C=O) groups is 2. The van der Waals surface area contributed by atoms with Gasteiger partial charge in [0, 0.05) is 16.3 Å². The number of amides is 1. The Bertz CT molecular complexity index is 739. The highest BCUT2D eigenvalue weighted by atomic mass is 35.5. The smallest absolute Gasteiger partial charge is 0.408 e. The highest BCUT2D eigenvalue weighted by Gasteiger charge is 2.22. The molecule has 1 atom stereocenters. The molecular weight excluding hydrogens is 362 g/mol. The second-order valence-corrected chi connectivity index (χ2v) is 6.55. The quantitative estimate of drug-likeness (QED) is 0.711. The number of benzene rings is 2. The van der Waals surface area contributed by atoms with Crippen LogP contribution in [0.2, 0.25) is 5.02 Å². The van der Waals surface area contributed by atoms with E-state index < -0.39 is 18.1 Å². The molecule has 5 nitrogen and oxygen atoms in total. The Kier molecular flexibility index (Phi) is 7.16. The maximum Gasteiger partial charge on any atom is 0.408 e. The summed E-state index contributed by atoms with van der Waals surface area (Å²) in [5, 5.41) is 12.2. The molecule has 0 bridgehead atoms. The van der Waals surface area contributed by atoms with Crippen LogP contribution < -0.4 is 5.32 Å². The van der Waals surface area contributed by atoms with Crippen LogP contribution in [0.3, 0.4) is 0 Å². The second kappa shape index (κ2) is 9.34. The highest BCUT2D eigenvalue weighted by Crippen LogP contribution is 2.24. The third kappa shape index (κ3) is 5.99. The van der Waals surface area contributed by atoms with Gasteiger partial charge < -0.3 is 15.2 Å². The average Bonchev–Trinajstić information content (AvgIpc) is 2.62. The largest absolute Gasteiger partial charge is 0.480 e. The predicted octanol–water partition coefficient (Wildman–Crippen LogP) is 3.98. The monoisotopic (exact) mass is 379 g/mol. The Hall–Kier alpha value is -2.18. The van der Waals surface area contributed by atoms with Crippen molar-refractivity contribution in [3.63, 3.8) is 0 Å². The first-order chi connectivity index (χ1) is 12.0. The fourth-order valence-electron chi connectivity index (χ4n) is 2.16. The van der Waals surface area contributed by atoms with E-state index in [-0.39, 0.29) is 13.0 Å². The minimum atomic E-state index is -1.15. The molecule has 132 valence electrons. The first-order valence-electron chi connectivity index (χ1n) is 7.52. The van der Waals surface area contributed by atoms with Crippen LogP contribution in [0, 0.1) is 0 Å². The fraction of sp³-hybridized carbons (Fsp3) is 0.222. The van der Waals surface area contributed by atoms with Gasteiger partial charge in [-0.2, -0.15) is 0 Å². The van der Waals surface area contributed by atoms with E-state index in [4.69, 9.17) is 16.3 Å². The minimum absolute atomic E-state index is 0.0712. The summed E-state index contributed by atoms with van der Waals surface area (Å²) in [7, 11) is 0. The van der Waals surface area contributed by atoms with Crippen molar-refractivity contribution in [3.8, 4) is 0 Å². The van der Waals surface area contributed by atoms with Crippen LogP contribution in [0.25, 0.3) is 0 Å². The molecular formula is C18H18ClNO4S. The molecule has 0 saturated heterocycles. The van der Waals surface area contributed by atoms with Gasteiger partial charge in [0.25, 0.3) is 0 Å². The predicted molar refractivity (Wildman–Crippen MR) is 98.1 cm³/mol. The Morgan fingerprint density at radius 1 is 1.24 bits per heavy atom. The van der Waals surface area contributed by atoms with E-state index in [2.05, 4.69) is 5.32 Å². The maximum atomic E-state index is 11.9. The summed E-state index contributed by atoms with van der Waals surface area (Å²) in [6.45, 7) is 0.0712. The van der Waals surface area contributed by atoms with E-state index in [1.807, 2.05) is 48.7 Å². The van der Waals surface area contributed by atoms with Crippen molar-refractivity contribution in [2.45, 2.75) is 24.0 Å². The molecule has 0 heterocycles. The van der Waals surface area contributed by atoms with Gasteiger partial charge in [-0.1, -0.05) is 41.9 Å².